The molecule has 3 nitrogen and oxygen atoms in total. The molecule has 0 radical (unpaired) electrons. The molecule has 0 amide bonds. The summed E-state index contributed by atoms with van der Waals surface area (Å²) in [4.78, 5) is 11.5. The van der Waals surface area contributed by atoms with Crippen LogP contribution in [0.5, 0.6) is 5.75 Å². The molecule has 0 saturated heterocycles. The van der Waals surface area contributed by atoms with Crippen LogP contribution in [0, 0.1) is 0 Å². The first-order chi connectivity index (χ1) is 8.06. The maximum Gasteiger partial charge on any atom is 0.272 e. The molecule has 0 aliphatic carbocycles. The Morgan fingerprint density at radius 2 is 2.12 bits per heavy atom. The summed E-state index contributed by atoms with van der Waals surface area (Å²) in [7, 11) is 0. The Bertz CT molecular complexity index is 394. The standard InChI is InChI=1S/C12H15F2NO2/c1-2-11(16)9-3-8(6-15)4-10(5-9)17-7-12(13)14/h3-5,12H,2,6-7,15H2,1H3. The molecule has 0 unspecified atom stereocenters. The molecule has 94 valence electrons. The van der Waals surface area contributed by atoms with Crippen LogP contribution in [0.3, 0.4) is 0 Å². The molecule has 2 N–H and O–H groups in total. The first-order valence-corrected chi connectivity index (χ1v) is 5.35. The third-order valence-corrected chi connectivity index (χ3v) is 2.22. The van der Waals surface area contributed by atoms with Crippen molar-refractivity contribution in [2.24, 2.45) is 5.73 Å². The zero-order chi connectivity index (χ0) is 12.8. The van der Waals surface area contributed by atoms with Crippen molar-refractivity contribution in [2.75, 3.05) is 6.61 Å². The van der Waals surface area contributed by atoms with E-state index in [0.717, 1.165) is 0 Å². The molecule has 0 atom stereocenters. The largest absolute Gasteiger partial charge is 0.488 e. The van der Waals surface area contributed by atoms with Gasteiger partial charge in [-0.25, -0.2) is 8.78 Å². The summed E-state index contributed by atoms with van der Waals surface area (Å²) in [5.41, 5.74) is 6.60. The van der Waals surface area contributed by atoms with Crippen molar-refractivity contribution in [3.05, 3.63) is 29.3 Å². The van der Waals surface area contributed by atoms with Crippen molar-refractivity contribution in [2.45, 2.75) is 26.3 Å². The van der Waals surface area contributed by atoms with Crippen molar-refractivity contribution in [1.29, 1.82) is 0 Å². The van der Waals surface area contributed by atoms with Gasteiger partial charge >= 0.3 is 0 Å². The highest BCUT2D eigenvalue weighted by molar-refractivity contribution is 5.96. The maximum atomic E-state index is 12.0. The molecule has 1 aromatic carbocycles. The SMILES string of the molecule is CCC(=O)c1cc(CN)cc(OCC(F)F)c1. The van der Waals surface area contributed by atoms with Gasteiger partial charge in [-0.3, -0.25) is 4.79 Å². The average molecular weight is 243 g/mol. The number of ketones is 1. The van der Waals surface area contributed by atoms with Gasteiger partial charge < -0.3 is 10.5 Å². The Morgan fingerprint density at radius 1 is 1.41 bits per heavy atom. The molecule has 0 spiro atoms. The van der Waals surface area contributed by atoms with Crippen molar-refractivity contribution >= 4 is 5.78 Å². The normalized spacial score (nSPS) is 10.6. The summed E-state index contributed by atoms with van der Waals surface area (Å²) in [5, 5.41) is 0. The Morgan fingerprint density at radius 3 is 2.65 bits per heavy atom. The lowest BCUT2D eigenvalue weighted by atomic mass is 10.1. The summed E-state index contributed by atoms with van der Waals surface area (Å²) in [6, 6.07) is 4.68. The first-order valence-electron chi connectivity index (χ1n) is 5.35. The highest BCUT2D eigenvalue weighted by Crippen LogP contribution is 2.19. The van der Waals surface area contributed by atoms with Gasteiger partial charge in [0.25, 0.3) is 6.43 Å². The molecule has 0 bridgehead atoms. The van der Waals surface area contributed by atoms with Crippen LogP contribution in [-0.2, 0) is 6.54 Å². The summed E-state index contributed by atoms with van der Waals surface area (Å²) in [6.45, 7) is 1.28. The van der Waals surface area contributed by atoms with E-state index in [-0.39, 0.29) is 18.1 Å². The van der Waals surface area contributed by atoms with E-state index in [0.29, 0.717) is 17.5 Å². The van der Waals surface area contributed by atoms with Crippen molar-refractivity contribution in [1.82, 2.24) is 0 Å². The van der Waals surface area contributed by atoms with E-state index in [1.807, 2.05) is 0 Å². The van der Waals surface area contributed by atoms with Crippen LogP contribution >= 0.6 is 0 Å². The minimum atomic E-state index is -2.54. The van der Waals surface area contributed by atoms with E-state index in [4.69, 9.17) is 10.5 Å². The van der Waals surface area contributed by atoms with Crippen molar-refractivity contribution in [3.63, 3.8) is 0 Å². The number of halogens is 2. The van der Waals surface area contributed by atoms with Gasteiger partial charge in [0.1, 0.15) is 12.4 Å². The lowest BCUT2D eigenvalue weighted by Crippen LogP contribution is -2.09. The fraction of sp³-hybridized carbons (Fsp3) is 0.417. The van der Waals surface area contributed by atoms with E-state index < -0.39 is 13.0 Å². The maximum absolute atomic E-state index is 12.0. The predicted molar refractivity (Wildman–Crippen MR) is 60.5 cm³/mol. The Kier molecular flexibility index (Phi) is 5.03. The number of benzene rings is 1. The van der Waals surface area contributed by atoms with Gasteiger partial charge in [-0.15, -0.1) is 0 Å². The summed E-state index contributed by atoms with van der Waals surface area (Å²) < 4.78 is 28.9. The molecule has 0 saturated carbocycles. The number of ether oxygens (including phenoxy) is 1. The van der Waals surface area contributed by atoms with Crippen molar-refractivity contribution < 1.29 is 18.3 Å². The average Bonchev–Trinajstić information content (AvgIpc) is 2.34. The number of hydrogen-bond donors (Lipinski definition) is 1. The third-order valence-electron chi connectivity index (χ3n) is 2.22. The molecule has 0 heterocycles. The smallest absolute Gasteiger partial charge is 0.272 e. The number of carbonyl (C=O) groups excluding carboxylic acids is 1. The quantitative estimate of drug-likeness (QED) is 0.780. The number of rotatable bonds is 6. The first kappa shape index (κ1) is 13.6. The van der Waals surface area contributed by atoms with Crippen molar-refractivity contribution in [3.8, 4) is 5.75 Å². The monoisotopic (exact) mass is 243 g/mol. The Labute approximate surface area is 98.6 Å². The van der Waals surface area contributed by atoms with Gasteiger partial charge in [0.2, 0.25) is 0 Å². The zero-order valence-corrected chi connectivity index (χ0v) is 9.58. The van der Waals surface area contributed by atoms with E-state index in [1.54, 1.807) is 19.1 Å². The van der Waals surface area contributed by atoms with Crippen LogP contribution in [0.2, 0.25) is 0 Å². The highest BCUT2D eigenvalue weighted by Gasteiger charge is 2.09. The predicted octanol–water partition coefficient (Wildman–Crippen LogP) is 2.38. The molecule has 0 aliphatic rings. The van der Waals surface area contributed by atoms with Crippen LogP contribution in [0.1, 0.15) is 29.3 Å². The number of hydrogen-bond acceptors (Lipinski definition) is 3. The molecular formula is C12H15F2NO2. The molecule has 1 aromatic rings. The van der Waals surface area contributed by atoms with Gasteiger partial charge in [-0.05, 0) is 23.8 Å². The molecule has 17 heavy (non-hydrogen) atoms. The zero-order valence-electron chi connectivity index (χ0n) is 9.58. The Balaban J connectivity index is 2.93. The van der Waals surface area contributed by atoms with Gasteiger partial charge in [0.15, 0.2) is 5.78 Å². The van der Waals surface area contributed by atoms with Crippen LogP contribution in [0.4, 0.5) is 8.78 Å². The fourth-order valence-electron chi connectivity index (χ4n) is 1.39. The second-order valence-corrected chi connectivity index (χ2v) is 3.55. The fourth-order valence-corrected chi connectivity index (χ4v) is 1.39. The number of alkyl halides is 2. The van der Waals surface area contributed by atoms with Crippen LogP contribution in [0.25, 0.3) is 0 Å². The third kappa shape index (κ3) is 4.11. The minimum Gasteiger partial charge on any atom is -0.488 e. The molecular weight excluding hydrogens is 228 g/mol. The molecule has 5 heteroatoms. The van der Waals surface area contributed by atoms with E-state index in [9.17, 15) is 13.6 Å². The van der Waals surface area contributed by atoms with Crippen LogP contribution in [0.15, 0.2) is 18.2 Å². The van der Waals surface area contributed by atoms with Crippen LogP contribution < -0.4 is 10.5 Å². The number of Topliss-reactive ketones (excluding diaryl/α,β-unsaturated/α-hetero) is 1. The minimum absolute atomic E-state index is 0.0674. The molecule has 0 fully saturated rings. The van der Waals surface area contributed by atoms with E-state index in [2.05, 4.69) is 0 Å². The van der Waals surface area contributed by atoms with Gasteiger partial charge in [-0.2, -0.15) is 0 Å². The second-order valence-electron chi connectivity index (χ2n) is 3.55. The second kappa shape index (κ2) is 6.30. The van der Waals surface area contributed by atoms with Gasteiger partial charge in [0, 0.05) is 18.5 Å². The van der Waals surface area contributed by atoms with Crippen LogP contribution in [-0.4, -0.2) is 18.8 Å². The highest BCUT2D eigenvalue weighted by atomic mass is 19.3. The van der Waals surface area contributed by atoms with Gasteiger partial charge in [-0.1, -0.05) is 6.92 Å². The summed E-state index contributed by atoms with van der Waals surface area (Å²) in [6.07, 6.45) is -2.19. The number of nitrogens with two attached hydrogens (primary N) is 1. The Hall–Kier alpha value is -1.49. The number of carbonyl (C=O) groups is 1. The lowest BCUT2D eigenvalue weighted by Gasteiger charge is -2.09. The molecule has 0 aromatic heterocycles. The molecule has 0 aliphatic heterocycles. The van der Waals surface area contributed by atoms with E-state index in [1.165, 1.54) is 6.07 Å². The van der Waals surface area contributed by atoms with E-state index >= 15 is 0 Å². The summed E-state index contributed by atoms with van der Waals surface area (Å²) >= 11 is 0. The topological polar surface area (TPSA) is 52.3 Å². The lowest BCUT2D eigenvalue weighted by molar-refractivity contribution is 0.0818. The summed E-state index contributed by atoms with van der Waals surface area (Å²) in [5.74, 6) is 0.187. The van der Waals surface area contributed by atoms with Gasteiger partial charge in [0.05, 0.1) is 0 Å². The molecule has 1 rings (SSSR count).